The maximum Gasteiger partial charge on any atom is 0.335 e. The van der Waals surface area contributed by atoms with Crippen molar-refractivity contribution in [2.75, 3.05) is 24.9 Å². The molecule has 0 bridgehead atoms. The van der Waals surface area contributed by atoms with Crippen LogP contribution in [0.15, 0.2) is 71.1 Å². The van der Waals surface area contributed by atoms with E-state index in [-0.39, 0.29) is 12.8 Å². The summed E-state index contributed by atoms with van der Waals surface area (Å²) in [6, 6.07) is 16.5. The number of unbranched alkanes of at least 4 members (excludes halogenated alkanes) is 4. The largest absolute Gasteiger partial charge is 0.466 e. The van der Waals surface area contributed by atoms with Gasteiger partial charge in [-0.1, -0.05) is 63.8 Å². The van der Waals surface area contributed by atoms with E-state index in [2.05, 4.69) is 48.7 Å². The van der Waals surface area contributed by atoms with Crippen molar-refractivity contribution < 1.29 is 19.1 Å². The van der Waals surface area contributed by atoms with Gasteiger partial charge in [0.25, 0.3) is 0 Å². The van der Waals surface area contributed by atoms with Crippen LogP contribution in [-0.2, 0) is 31.9 Å². The average Bonchev–Trinajstić information content (AvgIpc) is 2.94. The van der Waals surface area contributed by atoms with Crippen molar-refractivity contribution in [2.24, 2.45) is 0 Å². The van der Waals surface area contributed by atoms with E-state index in [9.17, 15) is 9.59 Å². The Hall–Kier alpha value is -3.54. The number of allylic oxidation sites excluding steroid dienone is 2. The van der Waals surface area contributed by atoms with Crippen LogP contribution < -0.4 is 10.6 Å². The molecule has 0 saturated carbocycles. The molecule has 0 aromatic heterocycles. The Bertz CT molecular complexity index is 1040. The second kappa shape index (κ2) is 15.0. The van der Waals surface area contributed by atoms with Gasteiger partial charge in [-0.3, -0.25) is 0 Å². The molecule has 1 aliphatic rings. The zero-order valence-corrected chi connectivity index (χ0v) is 23.3. The zero-order valence-electron chi connectivity index (χ0n) is 23.3. The number of rotatable bonds is 14. The predicted molar refractivity (Wildman–Crippen MR) is 154 cm³/mol. The predicted octanol–water partition coefficient (Wildman–Crippen LogP) is 7.32. The molecule has 204 valence electrons. The Morgan fingerprint density at radius 3 is 1.32 bits per heavy atom. The van der Waals surface area contributed by atoms with Crippen LogP contribution in [0.5, 0.6) is 0 Å². The second-order valence-corrected chi connectivity index (χ2v) is 9.81. The molecule has 3 rings (SSSR count). The molecule has 0 unspecified atom stereocenters. The van der Waals surface area contributed by atoms with E-state index >= 15 is 0 Å². The normalized spacial score (nSPS) is 13.4. The summed E-state index contributed by atoms with van der Waals surface area (Å²) in [6.07, 6.45) is 9.73. The summed E-state index contributed by atoms with van der Waals surface area (Å²) in [7, 11) is 2.75. The van der Waals surface area contributed by atoms with Crippen LogP contribution in [0.1, 0.15) is 76.3 Å². The van der Waals surface area contributed by atoms with Gasteiger partial charge in [-0.25, -0.2) is 9.59 Å². The lowest BCUT2D eigenvalue weighted by Gasteiger charge is -2.26. The molecule has 0 heterocycles. The molecule has 6 nitrogen and oxygen atoms in total. The number of esters is 2. The molecule has 0 radical (unpaired) electrons. The van der Waals surface area contributed by atoms with Crippen molar-refractivity contribution >= 4 is 23.3 Å². The van der Waals surface area contributed by atoms with Crippen LogP contribution in [0.2, 0.25) is 0 Å². The monoisotopic (exact) mass is 518 g/mol. The summed E-state index contributed by atoms with van der Waals surface area (Å²) >= 11 is 0. The number of carbonyl (C=O) groups excluding carboxylic acids is 2. The van der Waals surface area contributed by atoms with Crippen molar-refractivity contribution in [3.8, 4) is 0 Å². The molecule has 2 aromatic carbocycles. The van der Waals surface area contributed by atoms with Gasteiger partial charge in [0.2, 0.25) is 0 Å². The van der Waals surface area contributed by atoms with Crippen LogP contribution in [0.4, 0.5) is 11.4 Å². The van der Waals surface area contributed by atoms with Crippen molar-refractivity contribution in [3.05, 3.63) is 82.2 Å². The number of hydrogen-bond acceptors (Lipinski definition) is 6. The first-order valence-corrected chi connectivity index (χ1v) is 13.8. The fraction of sp³-hybridized carbons (Fsp3) is 0.438. The number of nitrogens with one attached hydrogen (secondary N) is 2. The minimum Gasteiger partial charge on any atom is -0.466 e. The molecule has 0 spiro atoms. The van der Waals surface area contributed by atoms with Crippen molar-refractivity contribution in [2.45, 2.75) is 78.1 Å². The number of aryl methyl sites for hydroxylation is 2. The van der Waals surface area contributed by atoms with E-state index in [1.54, 1.807) is 0 Å². The summed E-state index contributed by atoms with van der Waals surface area (Å²) in [5.41, 5.74) is 6.57. The van der Waals surface area contributed by atoms with Gasteiger partial charge in [0, 0.05) is 35.6 Å². The topological polar surface area (TPSA) is 76.7 Å². The second-order valence-electron chi connectivity index (χ2n) is 9.81. The zero-order chi connectivity index (χ0) is 27.3. The SMILES string of the molecule is CCCCCc1ccc(NC2=C(C(=O)OC)CC(Nc3ccc(CCCCC)cc3)=C(C(=O)OC)C2)cc1. The molecule has 0 amide bonds. The third kappa shape index (κ3) is 8.23. The number of benzene rings is 2. The Balaban J connectivity index is 1.80. The van der Waals surface area contributed by atoms with Gasteiger partial charge in [-0.2, -0.15) is 0 Å². The fourth-order valence-electron chi connectivity index (χ4n) is 4.67. The van der Waals surface area contributed by atoms with Crippen molar-refractivity contribution in [3.63, 3.8) is 0 Å². The molecule has 2 N–H and O–H groups in total. The van der Waals surface area contributed by atoms with Crippen molar-refractivity contribution in [1.29, 1.82) is 0 Å². The third-order valence-corrected chi connectivity index (χ3v) is 6.94. The maximum absolute atomic E-state index is 12.8. The first kappa shape index (κ1) is 29.0. The molecule has 0 fully saturated rings. The van der Waals surface area contributed by atoms with Crippen molar-refractivity contribution in [1.82, 2.24) is 0 Å². The van der Waals surface area contributed by atoms with Crippen LogP contribution in [0.3, 0.4) is 0 Å². The molecule has 2 aromatic rings. The number of anilines is 2. The number of carbonyl (C=O) groups is 2. The lowest BCUT2D eigenvalue weighted by atomic mass is 9.92. The van der Waals surface area contributed by atoms with Crippen LogP contribution >= 0.6 is 0 Å². The quantitative estimate of drug-likeness (QED) is 0.201. The Labute approximate surface area is 227 Å². The van der Waals surface area contributed by atoms with E-state index in [1.165, 1.54) is 63.9 Å². The molecule has 6 heteroatoms. The highest BCUT2D eigenvalue weighted by Crippen LogP contribution is 2.33. The minimum absolute atomic E-state index is 0.229. The van der Waals surface area contributed by atoms with E-state index < -0.39 is 11.9 Å². The van der Waals surface area contributed by atoms with Gasteiger partial charge in [-0.05, 0) is 61.1 Å². The van der Waals surface area contributed by atoms with E-state index in [0.717, 1.165) is 24.2 Å². The Morgan fingerprint density at radius 2 is 1.00 bits per heavy atom. The first-order chi connectivity index (χ1) is 18.5. The smallest absolute Gasteiger partial charge is 0.335 e. The summed E-state index contributed by atoms with van der Waals surface area (Å²) in [5, 5.41) is 6.75. The molecule has 38 heavy (non-hydrogen) atoms. The standard InChI is InChI=1S/C32H42N2O4/c1-5-7-9-11-23-13-17-25(18-14-23)33-29-21-28(32(36)38-4)30(22-27(29)31(35)37-3)34-26-19-15-24(16-20-26)12-10-8-6-2/h13-20,33-34H,5-12,21-22H2,1-4H3. The van der Waals surface area contributed by atoms with Gasteiger partial charge in [0.05, 0.1) is 25.4 Å². The molecule has 1 aliphatic carbocycles. The fourth-order valence-corrected chi connectivity index (χ4v) is 4.67. The average molecular weight is 519 g/mol. The molecule has 0 aliphatic heterocycles. The van der Waals surface area contributed by atoms with Crippen LogP contribution in [0, 0.1) is 0 Å². The molecular weight excluding hydrogens is 476 g/mol. The van der Waals surface area contributed by atoms with E-state index in [4.69, 9.17) is 9.47 Å². The van der Waals surface area contributed by atoms with Gasteiger partial charge in [0.15, 0.2) is 0 Å². The van der Waals surface area contributed by atoms with Crippen LogP contribution in [-0.4, -0.2) is 26.2 Å². The van der Waals surface area contributed by atoms with Gasteiger partial charge < -0.3 is 20.1 Å². The Morgan fingerprint density at radius 1 is 0.632 bits per heavy atom. The van der Waals surface area contributed by atoms with Gasteiger partial charge in [-0.15, -0.1) is 0 Å². The van der Waals surface area contributed by atoms with Gasteiger partial charge >= 0.3 is 11.9 Å². The van der Waals surface area contributed by atoms with Gasteiger partial charge in [0.1, 0.15) is 0 Å². The lowest BCUT2D eigenvalue weighted by molar-refractivity contribution is -0.137. The molecular formula is C32H42N2O4. The first-order valence-electron chi connectivity index (χ1n) is 13.8. The Kier molecular flexibility index (Phi) is 11.5. The molecule has 0 saturated heterocycles. The highest BCUT2D eigenvalue weighted by molar-refractivity contribution is 5.96. The number of ether oxygens (including phenoxy) is 2. The van der Waals surface area contributed by atoms with E-state index in [1.807, 2.05) is 24.3 Å². The number of methoxy groups -OCH3 is 2. The molecule has 0 atom stereocenters. The summed E-state index contributed by atoms with van der Waals surface area (Å²) < 4.78 is 10.2. The summed E-state index contributed by atoms with van der Waals surface area (Å²) in [6.45, 7) is 4.40. The number of hydrogen-bond donors (Lipinski definition) is 2. The highest BCUT2D eigenvalue weighted by atomic mass is 16.5. The third-order valence-electron chi connectivity index (χ3n) is 6.94. The van der Waals surface area contributed by atoms with Crippen LogP contribution in [0.25, 0.3) is 0 Å². The van der Waals surface area contributed by atoms with E-state index in [0.29, 0.717) is 22.5 Å². The minimum atomic E-state index is -0.418. The summed E-state index contributed by atoms with van der Waals surface area (Å²) in [4.78, 5) is 25.6. The lowest BCUT2D eigenvalue weighted by Crippen LogP contribution is -2.24. The maximum atomic E-state index is 12.8. The summed E-state index contributed by atoms with van der Waals surface area (Å²) in [5.74, 6) is -0.837. The highest BCUT2D eigenvalue weighted by Gasteiger charge is 2.29.